The number of rotatable bonds is 4. The van der Waals surface area contributed by atoms with Crippen LogP contribution in [0.4, 0.5) is 11.5 Å². The summed E-state index contributed by atoms with van der Waals surface area (Å²) in [6.07, 6.45) is 0. The van der Waals surface area contributed by atoms with Gasteiger partial charge in [0.15, 0.2) is 0 Å². The van der Waals surface area contributed by atoms with E-state index in [0.29, 0.717) is 5.82 Å². The number of ether oxygens (including phenoxy) is 1. The van der Waals surface area contributed by atoms with Gasteiger partial charge in [0.1, 0.15) is 22.1 Å². The summed E-state index contributed by atoms with van der Waals surface area (Å²) in [6.45, 7) is 0. The van der Waals surface area contributed by atoms with Gasteiger partial charge in [-0.05, 0) is 53.6 Å². The molecule has 4 rings (SSSR count). The lowest BCUT2D eigenvalue weighted by Crippen LogP contribution is -2.12. The molecule has 0 fully saturated rings. The average Bonchev–Trinajstić information content (AvgIpc) is 3.11. The SMILES string of the molecule is COc1ccc(-c2csc3nc(Cl)nc(N(C)c4ccc(O)cc4)c23)cc1. The van der Waals surface area contributed by atoms with Crippen LogP contribution in [-0.4, -0.2) is 29.2 Å². The molecule has 4 aromatic rings. The Kier molecular flexibility index (Phi) is 4.59. The Bertz CT molecular complexity index is 1090. The van der Waals surface area contributed by atoms with Gasteiger partial charge in [0.25, 0.3) is 0 Å². The minimum absolute atomic E-state index is 0.200. The molecule has 136 valence electrons. The van der Waals surface area contributed by atoms with Crippen molar-refractivity contribution in [1.82, 2.24) is 9.97 Å². The second-order valence-electron chi connectivity index (χ2n) is 5.95. The number of hydrogen-bond acceptors (Lipinski definition) is 6. The topological polar surface area (TPSA) is 58.5 Å². The number of aromatic hydroxyl groups is 1. The molecule has 2 aromatic carbocycles. The van der Waals surface area contributed by atoms with E-state index in [1.807, 2.05) is 48.3 Å². The third-order valence-corrected chi connectivity index (χ3v) is 5.38. The highest BCUT2D eigenvalue weighted by Gasteiger charge is 2.18. The van der Waals surface area contributed by atoms with Gasteiger partial charge in [-0.3, -0.25) is 0 Å². The van der Waals surface area contributed by atoms with Crippen molar-refractivity contribution in [3.63, 3.8) is 0 Å². The Morgan fingerprint density at radius 3 is 2.41 bits per heavy atom. The zero-order valence-electron chi connectivity index (χ0n) is 14.7. The van der Waals surface area contributed by atoms with Crippen molar-refractivity contribution < 1.29 is 9.84 Å². The highest BCUT2D eigenvalue weighted by molar-refractivity contribution is 7.17. The highest BCUT2D eigenvalue weighted by Crippen LogP contribution is 2.40. The standard InChI is InChI=1S/C20H16ClN3O2S/c1-24(13-5-7-14(25)8-6-13)18-17-16(11-27-19(17)23-20(21)22-18)12-3-9-15(26-2)10-4-12/h3-11,25H,1-2H3. The quantitative estimate of drug-likeness (QED) is 0.461. The van der Waals surface area contributed by atoms with Gasteiger partial charge < -0.3 is 14.7 Å². The van der Waals surface area contributed by atoms with Crippen LogP contribution in [0.2, 0.25) is 5.28 Å². The number of halogens is 1. The second-order valence-corrected chi connectivity index (χ2v) is 7.15. The minimum Gasteiger partial charge on any atom is -0.508 e. The zero-order valence-corrected chi connectivity index (χ0v) is 16.3. The second kappa shape index (κ2) is 7.06. The van der Waals surface area contributed by atoms with Gasteiger partial charge in [-0.15, -0.1) is 11.3 Å². The molecule has 0 aliphatic heterocycles. The summed E-state index contributed by atoms with van der Waals surface area (Å²) >= 11 is 7.71. The third-order valence-electron chi connectivity index (χ3n) is 4.34. The molecule has 27 heavy (non-hydrogen) atoms. The van der Waals surface area contributed by atoms with Gasteiger partial charge in [0, 0.05) is 23.7 Å². The van der Waals surface area contributed by atoms with Crippen LogP contribution in [0.5, 0.6) is 11.5 Å². The maximum Gasteiger partial charge on any atom is 0.225 e. The van der Waals surface area contributed by atoms with Crippen molar-refractivity contribution in [2.75, 3.05) is 19.1 Å². The van der Waals surface area contributed by atoms with Crippen LogP contribution in [0, 0.1) is 0 Å². The molecule has 0 unspecified atom stereocenters. The molecule has 0 atom stereocenters. The van der Waals surface area contributed by atoms with Crippen LogP contribution in [0.15, 0.2) is 53.9 Å². The number of methoxy groups -OCH3 is 1. The van der Waals surface area contributed by atoms with Crippen LogP contribution >= 0.6 is 22.9 Å². The van der Waals surface area contributed by atoms with Gasteiger partial charge >= 0.3 is 0 Å². The van der Waals surface area contributed by atoms with E-state index in [-0.39, 0.29) is 11.0 Å². The summed E-state index contributed by atoms with van der Waals surface area (Å²) in [5, 5.41) is 12.8. The van der Waals surface area contributed by atoms with Crippen molar-refractivity contribution in [3.8, 4) is 22.6 Å². The van der Waals surface area contributed by atoms with Gasteiger partial charge in [0.05, 0.1) is 12.5 Å². The van der Waals surface area contributed by atoms with E-state index in [0.717, 1.165) is 32.8 Å². The fraction of sp³-hybridized carbons (Fsp3) is 0.100. The molecule has 2 aromatic heterocycles. The Morgan fingerprint density at radius 2 is 1.74 bits per heavy atom. The van der Waals surface area contributed by atoms with Crippen molar-refractivity contribution in [2.24, 2.45) is 0 Å². The summed E-state index contributed by atoms with van der Waals surface area (Å²) < 4.78 is 5.25. The first-order valence-electron chi connectivity index (χ1n) is 8.19. The van der Waals surface area contributed by atoms with Crippen molar-refractivity contribution in [3.05, 3.63) is 59.2 Å². The largest absolute Gasteiger partial charge is 0.508 e. The van der Waals surface area contributed by atoms with Gasteiger partial charge in [0.2, 0.25) is 5.28 Å². The van der Waals surface area contributed by atoms with E-state index in [4.69, 9.17) is 16.3 Å². The lowest BCUT2D eigenvalue weighted by Gasteiger charge is -2.20. The van der Waals surface area contributed by atoms with Gasteiger partial charge in [-0.2, -0.15) is 4.98 Å². The summed E-state index contributed by atoms with van der Waals surface area (Å²) in [5.74, 6) is 1.73. The summed E-state index contributed by atoms with van der Waals surface area (Å²) in [5.41, 5.74) is 2.97. The highest BCUT2D eigenvalue weighted by atomic mass is 35.5. The maximum atomic E-state index is 9.55. The molecule has 7 heteroatoms. The Balaban J connectivity index is 1.88. The fourth-order valence-electron chi connectivity index (χ4n) is 2.92. The summed E-state index contributed by atoms with van der Waals surface area (Å²) in [6, 6.07) is 14.8. The first kappa shape index (κ1) is 17.6. The van der Waals surface area contributed by atoms with Crippen molar-refractivity contribution >= 4 is 44.7 Å². The van der Waals surface area contributed by atoms with E-state index in [1.165, 1.54) is 11.3 Å². The number of anilines is 2. The van der Waals surface area contributed by atoms with E-state index < -0.39 is 0 Å². The van der Waals surface area contributed by atoms with Crippen LogP contribution in [0.3, 0.4) is 0 Å². The van der Waals surface area contributed by atoms with Crippen LogP contribution in [-0.2, 0) is 0 Å². The molecule has 0 bridgehead atoms. The first-order chi connectivity index (χ1) is 13.1. The van der Waals surface area contributed by atoms with Crippen LogP contribution in [0.1, 0.15) is 0 Å². The lowest BCUT2D eigenvalue weighted by atomic mass is 10.1. The molecule has 0 aliphatic carbocycles. The van der Waals surface area contributed by atoms with E-state index >= 15 is 0 Å². The summed E-state index contributed by atoms with van der Waals surface area (Å²) in [4.78, 5) is 11.6. The minimum atomic E-state index is 0.200. The Morgan fingerprint density at radius 1 is 1.04 bits per heavy atom. The number of hydrogen-bond donors (Lipinski definition) is 1. The van der Waals surface area contributed by atoms with Crippen LogP contribution < -0.4 is 9.64 Å². The van der Waals surface area contributed by atoms with Crippen LogP contribution in [0.25, 0.3) is 21.3 Å². The zero-order chi connectivity index (χ0) is 19.0. The normalized spacial score (nSPS) is 10.9. The number of fused-ring (bicyclic) bond motifs is 1. The average molecular weight is 398 g/mol. The number of benzene rings is 2. The Hall–Kier alpha value is -2.83. The lowest BCUT2D eigenvalue weighted by molar-refractivity contribution is 0.415. The number of nitrogens with zero attached hydrogens (tertiary/aromatic N) is 3. The molecule has 0 saturated heterocycles. The monoisotopic (exact) mass is 397 g/mol. The molecular weight excluding hydrogens is 382 g/mol. The van der Waals surface area contributed by atoms with Crippen molar-refractivity contribution in [1.29, 1.82) is 0 Å². The first-order valence-corrected chi connectivity index (χ1v) is 9.44. The number of phenols is 1. The Labute approximate surface area is 165 Å². The molecule has 0 amide bonds. The van der Waals surface area contributed by atoms with E-state index in [9.17, 15) is 5.11 Å². The van der Waals surface area contributed by atoms with E-state index in [2.05, 4.69) is 15.3 Å². The molecule has 5 nitrogen and oxygen atoms in total. The van der Waals surface area contributed by atoms with E-state index in [1.54, 1.807) is 19.2 Å². The van der Waals surface area contributed by atoms with Crippen molar-refractivity contribution in [2.45, 2.75) is 0 Å². The molecule has 2 heterocycles. The number of aromatic nitrogens is 2. The molecule has 1 N–H and O–H groups in total. The maximum absolute atomic E-state index is 9.55. The third kappa shape index (κ3) is 3.29. The molecule has 0 radical (unpaired) electrons. The van der Waals surface area contributed by atoms with Gasteiger partial charge in [-0.25, -0.2) is 4.98 Å². The number of phenolic OH excluding ortho intramolecular Hbond substituents is 1. The predicted octanol–water partition coefficient (Wildman–Crippen LogP) is 5.49. The molecule has 0 aliphatic rings. The molecule has 0 spiro atoms. The smallest absolute Gasteiger partial charge is 0.225 e. The summed E-state index contributed by atoms with van der Waals surface area (Å²) in [7, 11) is 3.56. The molecular formula is C20H16ClN3O2S. The number of thiophene rings is 1. The van der Waals surface area contributed by atoms with Gasteiger partial charge in [-0.1, -0.05) is 12.1 Å². The predicted molar refractivity (Wildman–Crippen MR) is 111 cm³/mol. The fourth-order valence-corrected chi connectivity index (χ4v) is 4.08. The molecule has 0 saturated carbocycles.